The molecule has 0 N–H and O–H groups in total. The molecule has 11 heavy (non-hydrogen) atoms. The van der Waals surface area contributed by atoms with Crippen molar-refractivity contribution < 1.29 is 14.3 Å². The molecule has 3 nitrogen and oxygen atoms in total. The number of rotatable bonds is 1. The number of hydrogen-bond acceptors (Lipinski definition) is 3. The summed E-state index contributed by atoms with van der Waals surface area (Å²) in [7, 11) is 0. The van der Waals surface area contributed by atoms with Crippen molar-refractivity contribution in [2.75, 3.05) is 6.61 Å². The summed E-state index contributed by atoms with van der Waals surface area (Å²) in [5.41, 5.74) is -0.300. The fraction of sp³-hybridized carbons (Fsp3) is 0.875. The van der Waals surface area contributed by atoms with Gasteiger partial charge in [0.05, 0.1) is 12.2 Å². The van der Waals surface area contributed by atoms with Crippen LogP contribution in [0.3, 0.4) is 0 Å². The van der Waals surface area contributed by atoms with E-state index in [0.717, 1.165) is 6.42 Å². The largest absolute Gasteiger partial charge is 0.459 e. The molecule has 1 aliphatic heterocycles. The zero-order valence-electron chi connectivity index (χ0n) is 7.22. The molecule has 1 rings (SSSR count). The summed E-state index contributed by atoms with van der Waals surface area (Å²) >= 11 is 0. The SMILES string of the molecule is CC(=O)OC1CCOC1(C)C. The van der Waals surface area contributed by atoms with Crippen LogP contribution in [0.15, 0.2) is 0 Å². The van der Waals surface area contributed by atoms with Gasteiger partial charge in [-0.05, 0) is 13.8 Å². The van der Waals surface area contributed by atoms with E-state index in [1.807, 2.05) is 13.8 Å². The molecule has 0 aromatic heterocycles. The van der Waals surface area contributed by atoms with Gasteiger partial charge in [-0.3, -0.25) is 4.79 Å². The highest BCUT2D eigenvalue weighted by Gasteiger charge is 2.38. The second-order valence-corrected chi connectivity index (χ2v) is 3.34. The molecule has 0 saturated carbocycles. The molecule has 3 heteroatoms. The average Bonchev–Trinajstić information content (AvgIpc) is 2.10. The van der Waals surface area contributed by atoms with Gasteiger partial charge < -0.3 is 9.47 Å². The van der Waals surface area contributed by atoms with Crippen LogP contribution in [0.5, 0.6) is 0 Å². The van der Waals surface area contributed by atoms with Crippen LogP contribution in [-0.4, -0.2) is 24.3 Å². The minimum Gasteiger partial charge on any atom is -0.459 e. The van der Waals surface area contributed by atoms with Gasteiger partial charge in [-0.2, -0.15) is 0 Å². The Labute approximate surface area is 66.7 Å². The Bertz CT molecular complexity index is 163. The van der Waals surface area contributed by atoms with Gasteiger partial charge in [0.1, 0.15) is 6.10 Å². The summed E-state index contributed by atoms with van der Waals surface area (Å²) in [6.45, 7) is 5.99. The predicted octanol–water partition coefficient (Wildman–Crippen LogP) is 1.12. The molecule has 0 bridgehead atoms. The highest BCUT2D eigenvalue weighted by Crippen LogP contribution is 2.27. The summed E-state index contributed by atoms with van der Waals surface area (Å²) in [6, 6.07) is 0. The van der Waals surface area contributed by atoms with Crippen LogP contribution in [-0.2, 0) is 14.3 Å². The monoisotopic (exact) mass is 158 g/mol. The van der Waals surface area contributed by atoms with Gasteiger partial charge in [0.25, 0.3) is 0 Å². The smallest absolute Gasteiger partial charge is 0.303 e. The van der Waals surface area contributed by atoms with E-state index in [0.29, 0.717) is 6.61 Å². The van der Waals surface area contributed by atoms with Crippen molar-refractivity contribution in [1.29, 1.82) is 0 Å². The van der Waals surface area contributed by atoms with Crippen molar-refractivity contribution in [3.05, 3.63) is 0 Å². The van der Waals surface area contributed by atoms with Crippen LogP contribution in [0.4, 0.5) is 0 Å². The highest BCUT2D eigenvalue weighted by molar-refractivity contribution is 5.66. The van der Waals surface area contributed by atoms with E-state index in [-0.39, 0.29) is 17.7 Å². The maximum Gasteiger partial charge on any atom is 0.303 e. The maximum atomic E-state index is 10.6. The molecule has 1 atom stereocenters. The molecule has 0 aromatic rings. The summed E-state index contributed by atoms with van der Waals surface area (Å²) < 4.78 is 10.4. The van der Waals surface area contributed by atoms with E-state index < -0.39 is 0 Å². The third-order valence-electron chi connectivity index (χ3n) is 1.94. The molecule has 1 fully saturated rings. The lowest BCUT2D eigenvalue weighted by molar-refractivity contribution is -0.153. The van der Waals surface area contributed by atoms with E-state index in [4.69, 9.17) is 9.47 Å². The van der Waals surface area contributed by atoms with Crippen molar-refractivity contribution in [2.45, 2.75) is 38.9 Å². The molecule has 0 aliphatic carbocycles. The molecule has 1 aliphatic rings. The van der Waals surface area contributed by atoms with Gasteiger partial charge in [0, 0.05) is 13.3 Å². The second kappa shape index (κ2) is 2.81. The van der Waals surface area contributed by atoms with Crippen molar-refractivity contribution in [3.8, 4) is 0 Å². The predicted molar refractivity (Wildman–Crippen MR) is 40.2 cm³/mol. The van der Waals surface area contributed by atoms with Crippen molar-refractivity contribution in [2.24, 2.45) is 0 Å². The number of esters is 1. The molecular formula is C8H14O3. The van der Waals surface area contributed by atoms with Gasteiger partial charge in [-0.25, -0.2) is 0 Å². The maximum absolute atomic E-state index is 10.6. The normalized spacial score (nSPS) is 28.5. The zero-order chi connectivity index (χ0) is 8.48. The fourth-order valence-electron chi connectivity index (χ4n) is 1.27. The molecule has 0 aromatic carbocycles. The first kappa shape index (κ1) is 8.53. The Hall–Kier alpha value is -0.570. The second-order valence-electron chi connectivity index (χ2n) is 3.34. The number of ether oxygens (including phenoxy) is 2. The Balaban J connectivity index is 2.51. The fourth-order valence-corrected chi connectivity index (χ4v) is 1.27. The summed E-state index contributed by atoms with van der Waals surface area (Å²) in [6.07, 6.45) is 0.743. The van der Waals surface area contributed by atoms with Crippen LogP contribution in [0.2, 0.25) is 0 Å². The molecule has 1 unspecified atom stereocenters. The Morgan fingerprint density at radius 3 is 2.64 bits per heavy atom. The van der Waals surface area contributed by atoms with Gasteiger partial charge in [0.15, 0.2) is 0 Å². The molecule has 1 heterocycles. The van der Waals surface area contributed by atoms with Crippen LogP contribution in [0, 0.1) is 0 Å². The average molecular weight is 158 g/mol. The lowest BCUT2D eigenvalue weighted by atomic mass is 10.0. The Kier molecular flexibility index (Phi) is 2.18. The summed E-state index contributed by atoms with van der Waals surface area (Å²) in [5, 5.41) is 0. The van der Waals surface area contributed by atoms with Crippen molar-refractivity contribution in [3.63, 3.8) is 0 Å². The first-order valence-electron chi connectivity index (χ1n) is 3.83. The van der Waals surface area contributed by atoms with E-state index in [2.05, 4.69) is 0 Å². The van der Waals surface area contributed by atoms with E-state index in [1.54, 1.807) is 0 Å². The topological polar surface area (TPSA) is 35.5 Å². The van der Waals surface area contributed by atoms with Gasteiger partial charge >= 0.3 is 5.97 Å². The van der Waals surface area contributed by atoms with Gasteiger partial charge in [0.2, 0.25) is 0 Å². The molecule has 0 amide bonds. The minimum atomic E-state index is -0.300. The van der Waals surface area contributed by atoms with Gasteiger partial charge in [-0.1, -0.05) is 0 Å². The number of carbonyl (C=O) groups excluding carboxylic acids is 1. The third kappa shape index (κ3) is 1.93. The number of hydrogen-bond donors (Lipinski definition) is 0. The van der Waals surface area contributed by atoms with Crippen molar-refractivity contribution >= 4 is 5.97 Å². The molecule has 0 spiro atoms. The molecule has 1 saturated heterocycles. The standard InChI is InChI=1S/C8H14O3/c1-6(9)11-7-4-5-10-8(7,2)3/h7H,4-5H2,1-3H3. The highest BCUT2D eigenvalue weighted by atomic mass is 16.6. The third-order valence-corrected chi connectivity index (χ3v) is 1.94. The Morgan fingerprint density at radius 1 is 1.64 bits per heavy atom. The Morgan fingerprint density at radius 2 is 2.27 bits per heavy atom. The minimum absolute atomic E-state index is 0.0694. The molecular weight excluding hydrogens is 144 g/mol. The summed E-state index contributed by atoms with van der Waals surface area (Å²) in [4.78, 5) is 10.6. The number of carbonyl (C=O) groups is 1. The van der Waals surface area contributed by atoms with Crippen LogP contribution in [0.1, 0.15) is 27.2 Å². The van der Waals surface area contributed by atoms with Crippen LogP contribution < -0.4 is 0 Å². The van der Waals surface area contributed by atoms with E-state index >= 15 is 0 Å². The first-order valence-corrected chi connectivity index (χ1v) is 3.83. The zero-order valence-corrected chi connectivity index (χ0v) is 7.22. The summed E-state index contributed by atoms with van der Waals surface area (Å²) in [5.74, 6) is -0.228. The lowest BCUT2D eigenvalue weighted by Crippen LogP contribution is -2.35. The van der Waals surface area contributed by atoms with E-state index in [1.165, 1.54) is 6.92 Å². The lowest BCUT2D eigenvalue weighted by Gasteiger charge is -2.24. The molecule has 64 valence electrons. The van der Waals surface area contributed by atoms with Crippen LogP contribution in [0.25, 0.3) is 0 Å². The van der Waals surface area contributed by atoms with Gasteiger partial charge in [-0.15, -0.1) is 0 Å². The van der Waals surface area contributed by atoms with Crippen LogP contribution >= 0.6 is 0 Å². The molecule has 0 radical (unpaired) electrons. The first-order chi connectivity index (χ1) is 5.02. The van der Waals surface area contributed by atoms with Crippen molar-refractivity contribution in [1.82, 2.24) is 0 Å². The quantitative estimate of drug-likeness (QED) is 0.536. The van der Waals surface area contributed by atoms with E-state index in [9.17, 15) is 4.79 Å².